The molecule has 5 aromatic carbocycles. The number of benzene rings is 5. The smallest absolute Gasteiger partial charge is 0.404 e. The van der Waals surface area contributed by atoms with Crippen LogP contribution in [0.4, 0.5) is 0 Å². The summed E-state index contributed by atoms with van der Waals surface area (Å²) in [5.74, 6) is 0.237. The van der Waals surface area contributed by atoms with Gasteiger partial charge in [-0.1, -0.05) is 125 Å². The number of phosphoric acid groups is 2. The van der Waals surface area contributed by atoms with Crippen molar-refractivity contribution < 1.29 is 36.3 Å². The van der Waals surface area contributed by atoms with E-state index >= 15 is 0 Å². The minimum absolute atomic E-state index is 0.00221. The molecule has 10 heteroatoms. The molecule has 0 unspecified atom stereocenters. The van der Waals surface area contributed by atoms with Crippen molar-refractivity contribution in [1.29, 1.82) is 0 Å². The van der Waals surface area contributed by atoms with E-state index in [9.17, 15) is 9.13 Å². The van der Waals surface area contributed by atoms with Gasteiger partial charge in [-0.25, -0.2) is 9.13 Å². The molecule has 8 nitrogen and oxygen atoms in total. The Bertz CT molecular complexity index is 1680. The van der Waals surface area contributed by atoms with Crippen LogP contribution >= 0.6 is 15.6 Å². The van der Waals surface area contributed by atoms with Crippen molar-refractivity contribution in [2.24, 2.45) is 0 Å². The third-order valence-corrected chi connectivity index (χ3v) is 9.78. The Morgan fingerprint density at radius 1 is 0.396 bits per heavy atom. The summed E-state index contributed by atoms with van der Waals surface area (Å²) >= 11 is 0. The van der Waals surface area contributed by atoms with E-state index in [0.29, 0.717) is 0 Å². The monoisotopic (exact) mass is 686 g/mol. The van der Waals surface area contributed by atoms with Gasteiger partial charge in [-0.15, -0.1) is 0 Å². The van der Waals surface area contributed by atoms with Crippen molar-refractivity contribution in [3.63, 3.8) is 0 Å². The summed E-state index contributed by atoms with van der Waals surface area (Å²) in [7, 11) is -8.35. The first-order chi connectivity index (χ1) is 23.0. The van der Waals surface area contributed by atoms with Gasteiger partial charge in [-0.05, 0) is 62.1 Å². The zero-order chi connectivity index (χ0) is 34.0. The average Bonchev–Trinajstić information content (AvgIpc) is 3.05. The maximum Gasteiger partial charge on any atom is 0.530 e. The lowest BCUT2D eigenvalue weighted by atomic mass is 10.1. The topological polar surface area (TPSA) is 89.5 Å². The summed E-state index contributed by atoms with van der Waals surface area (Å²) in [4.78, 5) is 0. The SMILES string of the molecule is Cc1cccc(COP(=O)(OCc2cccc(C)c2)Oc2cccc(OP(=O)(OCc3cccc(C)c3)OCc3cccc(C)c3)c2)c1. The lowest BCUT2D eigenvalue weighted by Crippen LogP contribution is -2.05. The highest BCUT2D eigenvalue weighted by atomic mass is 31.2. The lowest BCUT2D eigenvalue weighted by Gasteiger charge is -2.21. The predicted molar refractivity (Wildman–Crippen MR) is 187 cm³/mol. The summed E-state index contributed by atoms with van der Waals surface area (Å²) in [6, 6.07) is 36.9. The molecule has 0 spiro atoms. The van der Waals surface area contributed by atoms with E-state index in [0.717, 1.165) is 44.5 Å². The quantitative estimate of drug-likeness (QED) is 0.0948. The second-order valence-corrected chi connectivity index (χ2v) is 14.8. The van der Waals surface area contributed by atoms with Crippen LogP contribution in [0.25, 0.3) is 0 Å². The molecular formula is C38H40O8P2. The van der Waals surface area contributed by atoms with Crippen LogP contribution in [-0.2, 0) is 53.7 Å². The van der Waals surface area contributed by atoms with Crippen molar-refractivity contribution >= 4 is 15.6 Å². The van der Waals surface area contributed by atoms with Gasteiger partial charge < -0.3 is 9.05 Å². The molecule has 0 saturated heterocycles. The molecule has 0 amide bonds. The third-order valence-electron chi connectivity index (χ3n) is 7.13. The van der Waals surface area contributed by atoms with Crippen molar-refractivity contribution in [2.45, 2.75) is 54.1 Å². The fraction of sp³-hybridized carbons (Fsp3) is 0.211. The molecule has 250 valence electrons. The molecule has 0 saturated carbocycles. The van der Waals surface area contributed by atoms with E-state index in [4.69, 9.17) is 27.1 Å². The molecular weight excluding hydrogens is 646 g/mol. The van der Waals surface area contributed by atoms with Crippen LogP contribution in [0.5, 0.6) is 11.5 Å². The maximum absolute atomic E-state index is 14.1. The van der Waals surface area contributed by atoms with Gasteiger partial charge in [0.25, 0.3) is 0 Å². The van der Waals surface area contributed by atoms with Gasteiger partial charge >= 0.3 is 15.6 Å². The van der Waals surface area contributed by atoms with Crippen LogP contribution in [0, 0.1) is 27.7 Å². The Balaban J connectivity index is 1.35. The number of hydrogen-bond acceptors (Lipinski definition) is 8. The van der Waals surface area contributed by atoms with Gasteiger partial charge in [0.05, 0.1) is 26.4 Å². The third kappa shape index (κ3) is 11.0. The van der Waals surface area contributed by atoms with Crippen molar-refractivity contribution in [1.82, 2.24) is 0 Å². The number of phosphoric ester groups is 2. The highest BCUT2D eigenvalue weighted by Crippen LogP contribution is 2.54. The van der Waals surface area contributed by atoms with Crippen LogP contribution in [0.1, 0.15) is 44.5 Å². The van der Waals surface area contributed by atoms with Crippen LogP contribution < -0.4 is 9.05 Å². The van der Waals surface area contributed by atoms with E-state index in [1.165, 1.54) is 6.07 Å². The molecule has 0 radical (unpaired) electrons. The fourth-order valence-corrected chi connectivity index (χ4v) is 7.18. The van der Waals surface area contributed by atoms with Gasteiger partial charge in [-0.3, -0.25) is 18.1 Å². The molecule has 0 aliphatic carbocycles. The highest BCUT2D eigenvalue weighted by Gasteiger charge is 2.32. The Morgan fingerprint density at radius 2 is 0.667 bits per heavy atom. The van der Waals surface area contributed by atoms with Crippen LogP contribution in [-0.4, -0.2) is 0 Å². The average molecular weight is 687 g/mol. The second kappa shape index (κ2) is 16.4. The predicted octanol–water partition coefficient (Wildman–Crippen LogP) is 10.8. The standard InChI is InChI=1S/C38H40O8P2/c1-29-10-5-14-33(20-29)25-41-47(39,42-26-34-15-6-11-30(2)21-34)45-37-18-9-19-38(24-37)46-48(40,43-27-35-16-7-12-31(3)22-35)44-28-36-17-8-13-32(4)23-36/h5-24H,25-28H2,1-4H3. The van der Waals surface area contributed by atoms with Gasteiger partial charge in [0.15, 0.2) is 0 Å². The van der Waals surface area contributed by atoms with Crippen molar-refractivity contribution in [2.75, 3.05) is 0 Å². The van der Waals surface area contributed by atoms with Gasteiger partial charge in [0, 0.05) is 6.07 Å². The summed E-state index contributed by atoms with van der Waals surface area (Å²) in [6.45, 7) is 7.85. The van der Waals surface area contributed by atoms with Crippen LogP contribution in [0.2, 0.25) is 0 Å². The van der Waals surface area contributed by atoms with Gasteiger partial charge in [-0.2, -0.15) is 0 Å². The number of rotatable bonds is 16. The summed E-state index contributed by atoms with van der Waals surface area (Å²) in [6.07, 6.45) is 0. The van der Waals surface area contributed by atoms with Crippen LogP contribution in [0.15, 0.2) is 121 Å². The summed E-state index contributed by atoms with van der Waals surface area (Å²) < 4.78 is 63.2. The number of hydrogen-bond donors (Lipinski definition) is 0. The molecule has 0 aromatic heterocycles. The molecule has 0 atom stereocenters. The maximum atomic E-state index is 14.1. The molecule has 0 aliphatic heterocycles. The van der Waals surface area contributed by atoms with E-state index < -0.39 is 15.6 Å². The van der Waals surface area contributed by atoms with E-state index in [1.54, 1.807) is 18.2 Å². The largest absolute Gasteiger partial charge is 0.530 e. The van der Waals surface area contributed by atoms with Gasteiger partial charge in [0.1, 0.15) is 11.5 Å². The Hall–Kier alpha value is -4.00. The molecule has 5 rings (SSSR count). The number of aryl methyl sites for hydroxylation is 4. The Morgan fingerprint density at radius 3 is 0.938 bits per heavy atom. The van der Waals surface area contributed by atoms with E-state index in [1.807, 2.05) is 125 Å². The molecule has 48 heavy (non-hydrogen) atoms. The van der Waals surface area contributed by atoms with Crippen molar-refractivity contribution in [3.8, 4) is 11.5 Å². The Kier molecular flexibility index (Phi) is 12.1. The molecule has 0 heterocycles. The fourth-order valence-electron chi connectivity index (χ4n) is 4.85. The first-order valence-electron chi connectivity index (χ1n) is 15.5. The summed E-state index contributed by atoms with van der Waals surface area (Å²) in [5.41, 5.74) is 7.40. The summed E-state index contributed by atoms with van der Waals surface area (Å²) in [5, 5.41) is 0. The zero-order valence-electron chi connectivity index (χ0n) is 27.5. The highest BCUT2D eigenvalue weighted by molar-refractivity contribution is 7.49. The molecule has 0 fully saturated rings. The molecule has 0 aliphatic rings. The van der Waals surface area contributed by atoms with Crippen LogP contribution in [0.3, 0.4) is 0 Å². The lowest BCUT2D eigenvalue weighted by molar-refractivity contribution is 0.142. The first kappa shape index (κ1) is 35.3. The molecule has 5 aromatic rings. The zero-order valence-corrected chi connectivity index (χ0v) is 29.3. The Labute approximate surface area is 282 Å². The van der Waals surface area contributed by atoms with E-state index in [2.05, 4.69) is 0 Å². The van der Waals surface area contributed by atoms with Crippen molar-refractivity contribution in [3.05, 3.63) is 166 Å². The first-order valence-corrected chi connectivity index (χ1v) is 18.5. The van der Waals surface area contributed by atoms with E-state index in [-0.39, 0.29) is 37.9 Å². The minimum Gasteiger partial charge on any atom is -0.404 e. The molecule has 0 bridgehead atoms. The second-order valence-electron chi connectivity index (χ2n) is 11.6. The van der Waals surface area contributed by atoms with Gasteiger partial charge in [0.2, 0.25) is 0 Å². The minimum atomic E-state index is -4.18. The molecule has 0 N–H and O–H groups in total. The normalized spacial score (nSPS) is 11.8.